The van der Waals surface area contributed by atoms with Crippen molar-refractivity contribution in [2.45, 2.75) is 20.3 Å². The molecule has 6 nitrogen and oxygen atoms in total. The highest BCUT2D eigenvalue weighted by Crippen LogP contribution is 2.26. The molecule has 0 saturated heterocycles. The van der Waals surface area contributed by atoms with Gasteiger partial charge in [-0.3, -0.25) is 20.4 Å². The van der Waals surface area contributed by atoms with Gasteiger partial charge in [0, 0.05) is 22.8 Å². The molecule has 2 aromatic carbocycles. The van der Waals surface area contributed by atoms with Crippen LogP contribution in [0.25, 0.3) is 0 Å². The summed E-state index contributed by atoms with van der Waals surface area (Å²) >= 11 is 11.7. The number of carbonyl (C=O) groups is 2. The molecule has 0 radical (unpaired) electrons. The molecule has 0 saturated carbocycles. The van der Waals surface area contributed by atoms with Crippen LogP contribution in [0.5, 0.6) is 0 Å². The molecule has 0 unspecified atom stereocenters. The second kappa shape index (κ2) is 11.8. The van der Waals surface area contributed by atoms with Crippen molar-refractivity contribution >= 4 is 41.2 Å². The summed E-state index contributed by atoms with van der Waals surface area (Å²) in [6, 6.07) is 12.1. The normalized spacial score (nSPS) is 9.30. The monoisotopic (exact) mass is 406 g/mol. The zero-order chi connectivity index (χ0) is 20.2. The number of carbonyl (C=O) groups excluding carboxylic acids is 2. The average molecular weight is 407 g/mol. The fraction of sp³-hybridized carbons (Fsp3) is 0.211. The van der Waals surface area contributed by atoms with E-state index >= 15 is 0 Å². The van der Waals surface area contributed by atoms with Gasteiger partial charge in [0.1, 0.15) is 6.07 Å². The largest absolute Gasteiger partial charge is 0.385 e. The molecule has 2 amide bonds. The van der Waals surface area contributed by atoms with Gasteiger partial charge in [-0.15, -0.1) is 0 Å². The van der Waals surface area contributed by atoms with Crippen LogP contribution in [0, 0.1) is 18.3 Å². The number of halogens is 2. The predicted molar refractivity (Wildman–Crippen MR) is 108 cm³/mol. The van der Waals surface area contributed by atoms with Gasteiger partial charge in [-0.05, 0) is 49.2 Å². The predicted octanol–water partition coefficient (Wildman–Crippen LogP) is 4.07. The van der Waals surface area contributed by atoms with Crippen LogP contribution in [0.15, 0.2) is 36.4 Å². The second-order valence-corrected chi connectivity index (χ2v) is 6.18. The van der Waals surface area contributed by atoms with E-state index < -0.39 is 5.91 Å². The number of nitriles is 1. The molecule has 0 aromatic heterocycles. The lowest BCUT2D eigenvalue weighted by atomic mass is 10.1. The van der Waals surface area contributed by atoms with Gasteiger partial charge >= 0.3 is 0 Å². The van der Waals surface area contributed by atoms with E-state index in [1.165, 1.54) is 6.07 Å². The third-order valence-electron chi connectivity index (χ3n) is 3.40. The van der Waals surface area contributed by atoms with Gasteiger partial charge in [0.15, 0.2) is 0 Å². The summed E-state index contributed by atoms with van der Waals surface area (Å²) in [5, 5.41) is 13.0. The van der Waals surface area contributed by atoms with E-state index in [1.807, 2.05) is 18.4 Å². The molecule has 0 fully saturated rings. The van der Waals surface area contributed by atoms with Gasteiger partial charge in [-0.2, -0.15) is 5.26 Å². The Morgan fingerprint density at radius 2 is 2.00 bits per heavy atom. The molecular formula is C19H20Cl2N4O2. The number of hydrazine groups is 1. The van der Waals surface area contributed by atoms with Gasteiger partial charge in [-0.25, -0.2) is 0 Å². The van der Waals surface area contributed by atoms with Crippen molar-refractivity contribution in [3.05, 3.63) is 63.1 Å². The molecule has 0 aliphatic heterocycles. The molecule has 0 spiro atoms. The summed E-state index contributed by atoms with van der Waals surface area (Å²) in [6.45, 7) is 4.94. The molecule has 142 valence electrons. The summed E-state index contributed by atoms with van der Waals surface area (Å²) in [5.41, 5.74) is 7.08. The van der Waals surface area contributed by atoms with E-state index in [-0.39, 0.29) is 0 Å². The molecule has 0 bridgehead atoms. The Kier molecular flexibility index (Phi) is 9.73. The maximum Gasteiger partial charge on any atom is 0.269 e. The number of amides is 2. The maximum absolute atomic E-state index is 11.2. The van der Waals surface area contributed by atoms with Crippen LogP contribution in [0.3, 0.4) is 0 Å². The van der Waals surface area contributed by atoms with Gasteiger partial charge in [-0.1, -0.05) is 36.2 Å². The highest BCUT2D eigenvalue weighted by molar-refractivity contribution is 6.32. The summed E-state index contributed by atoms with van der Waals surface area (Å²) in [4.78, 5) is 21.0. The third kappa shape index (κ3) is 7.18. The number of nitrogens with zero attached hydrogens (tertiary/aromatic N) is 1. The Morgan fingerprint density at radius 3 is 2.59 bits per heavy atom. The zero-order valence-corrected chi connectivity index (χ0v) is 16.5. The van der Waals surface area contributed by atoms with E-state index in [4.69, 9.17) is 28.5 Å². The van der Waals surface area contributed by atoms with Gasteiger partial charge < -0.3 is 5.32 Å². The number of hydrogen-bond acceptors (Lipinski definition) is 4. The molecule has 0 atom stereocenters. The van der Waals surface area contributed by atoms with E-state index in [0.717, 1.165) is 24.2 Å². The Morgan fingerprint density at radius 1 is 1.26 bits per heavy atom. The molecule has 0 heterocycles. The SMILES string of the molecule is CCCNc1ccc(C#N)c(Cl)c1C.O=CNNC(=O)c1cccc(Cl)c1. The third-order valence-corrected chi connectivity index (χ3v) is 4.13. The maximum atomic E-state index is 11.2. The number of anilines is 1. The quantitative estimate of drug-likeness (QED) is 0.497. The molecule has 0 aliphatic rings. The summed E-state index contributed by atoms with van der Waals surface area (Å²) in [6.07, 6.45) is 1.44. The standard InChI is InChI=1S/C11H13ClN2.C8H7ClN2O2/c1-3-6-14-10-5-4-9(7-13)11(12)8(10)2;9-7-3-1-2-6(4-7)8(13)11-10-5-12/h4-5,14H,3,6H2,1-2H3;1-5H,(H,10,12)(H,11,13). The fourth-order valence-corrected chi connectivity index (χ4v) is 2.42. The van der Waals surface area contributed by atoms with E-state index in [9.17, 15) is 9.59 Å². The number of hydrogen-bond donors (Lipinski definition) is 3. The second-order valence-electron chi connectivity index (χ2n) is 5.36. The van der Waals surface area contributed by atoms with Gasteiger partial charge in [0.05, 0.1) is 10.6 Å². The molecule has 27 heavy (non-hydrogen) atoms. The zero-order valence-electron chi connectivity index (χ0n) is 15.0. The Bertz CT molecular complexity index is 835. The Balaban J connectivity index is 0.000000271. The molecule has 2 aromatic rings. The summed E-state index contributed by atoms with van der Waals surface area (Å²) in [5.74, 6) is -0.408. The molecule has 0 aliphatic carbocycles. The number of benzene rings is 2. The molecule has 8 heteroatoms. The topological polar surface area (TPSA) is 94.0 Å². The van der Waals surface area contributed by atoms with Crippen LogP contribution in [0.2, 0.25) is 10.0 Å². The number of nitrogens with one attached hydrogen (secondary N) is 3. The fourth-order valence-electron chi connectivity index (χ4n) is 2.02. The van der Waals surface area contributed by atoms with Crippen LogP contribution in [0.1, 0.15) is 34.8 Å². The first-order valence-electron chi connectivity index (χ1n) is 8.12. The van der Waals surface area contributed by atoms with Crippen molar-refractivity contribution in [2.75, 3.05) is 11.9 Å². The average Bonchev–Trinajstić information content (AvgIpc) is 2.68. The smallest absolute Gasteiger partial charge is 0.269 e. The van der Waals surface area contributed by atoms with Crippen molar-refractivity contribution in [2.24, 2.45) is 0 Å². The van der Waals surface area contributed by atoms with Crippen LogP contribution in [-0.4, -0.2) is 18.9 Å². The lowest BCUT2D eigenvalue weighted by Crippen LogP contribution is -2.36. The van der Waals surface area contributed by atoms with Crippen molar-refractivity contribution in [1.82, 2.24) is 10.9 Å². The van der Waals surface area contributed by atoms with Gasteiger partial charge in [0.2, 0.25) is 6.41 Å². The first-order valence-corrected chi connectivity index (χ1v) is 8.88. The minimum atomic E-state index is -0.408. The lowest BCUT2D eigenvalue weighted by molar-refractivity contribution is -0.110. The summed E-state index contributed by atoms with van der Waals surface area (Å²) in [7, 11) is 0. The summed E-state index contributed by atoms with van der Waals surface area (Å²) < 4.78 is 0. The first-order chi connectivity index (χ1) is 12.9. The van der Waals surface area contributed by atoms with Crippen molar-refractivity contribution < 1.29 is 9.59 Å². The number of rotatable bonds is 6. The highest BCUT2D eigenvalue weighted by atomic mass is 35.5. The molecule has 3 N–H and O–H groups in total. The van der Waals surface area contributed by atoms with Crippen LogP contribution >= 0.6 is 23.2 Å². The van der Waals surface area contributed by atoms with E-state index in [2.05, 4.69) is 23.7 Å². The van der Waals surface area contributed by atoms with Crippen LogP contribution in [-0.2, 0) is 4.79 Å². The van der Waals surface area contributed by atoms with Crippen molar-refractivity contribution in [3.63, 3.8) is 0 Å². The van der Waals surface area contributed by atoms with Gasteiger partial charge in [0.25, 0.3) is 5.91 Å². The van der Waals surface area contributed by atoms with Crippen LogP contribution < -0.4 is 16.2 Å². The molecule has 2 rings (SSSR count). The molecular weight excluding hydrogens is 387 g/mol. The van der Waals surface area contributed by atoms with Crippen LogP contribution in [0.4, 0.5) is 5.69 Å². The first kappa shape index (κ1) is 22.3. The van der Waals surface area contributed by atoms with E-state index in [0.29, 0.717) is 27.6 Å². The Labute approximate surface area is 168 Å². The van der Waals surface area contributed by atoms with E-state index in [1.54, 1.807) is 24.3 Å². The van der Waals surface area contributed by atoms with Crippen molar-refractivity contribution in [1.29, 1.82) is 5.26 Å². The minimum Gasteiger partial charge on any atom is -0.385 e. The highest BCUT2D eigenvalue weighted by Gasteiger charge is 2.06. The Hall–Kier alpha value is -2.75. The minimum absolute atomic E-state index is 0.377. The van der Waals surface area contributed by atoms with Crippen molar-refractivity contribution in [3.8, 4) is 6.07 Å². The lowest BCUT2D eigenvalue weighted by Gasteiger charge is -2.10.